The number of aromatic nitrogens is 2. The van der Waals surface area contributed by atoms with Gasteiger partial charge in [0.1, 0.15) is 18.5 Å². The monoisotopic (exact) mass is 634 g/mol. The lowest BCUT2D eigenvalue weighted by atomic mass is 10.1. The molecule has 1 amide bonds. The second-order valence-corrected chi connectivity index (χ2v) is 13.1. The van der Waals surface area contributed by atoms with Crippen molar-refractivity contribution in [2.75, 3.05) is 31.6 Å². The molecule has 0 radical (unpaired) electrons. The number of rotatable bonds is 7. The van der Waals surface area contributed by atoms with E-state index < -0.39 is 49.8 Å². The average Bonchev–Trinajstić information content (AvgIpc) is 3.64. The number of amides is 1. The number of ether oxygens (including phenoxy) is 2. The Bertz CT molecular complexity index is 1600. The summed E-state index contributed by atoms with van der Waals surface area (Å²) in [6.07, 6.45) is -4.51. The number of halogens is 3. The molecule has 10 nitrogen and oxygen atoms in total. The molecule has 44 heavy (non-hydrogen) atoms. The van der Waals surface area contributed by atoms with Crippen LogP contribution in [0.5, 0.6) is 0 Å². The number of anilines is 1. The Morgan fingerprint density at radius 1 is 1.02 bits per heavy atom. The first-order valence-corrected chi connectivity index (χ1v) is 15.7. The van der Waals surface area contributed by atoms with Crippen molar-refractivity contribution in [2.24, 2.45) is 0 Å². The lowest BCUT2D eigenvalue weighted by Crippen LogP contribution is -2.41. The van der Waals surface area contributed by atoms with E-state index in [4.69, 9.17) is 9.47 Å². The van der Waals surface area contributed by atoms with Crippen LogP contribution in [-0.4, -0.2) is 73.2 Å². The summed E-state index contributed by atoms with van der Waals surface area (Å²) in [7, 11) is -3.32. The number of carbonyl (C=O) groups excluding carboxylic acids is 2. The van der Waals surface area contributed by atoms with Crippen molar-refractivity contribution in [3.8, 4) is 0 Å². The molecule has 5 rings (SSSR count). The molecule has 0 unspecified atom stereocenters. The van der Waals surface area contributed by atoms with Crippen molar-refractivity contribution < 1.29 is 40.7 Å². The van der Waals surface area contributed by atoms with Crippen LogP contribution >= 0.6 is 0 Å². The number of piperidine rings is 1. The fourth-order valence-electron chi connectivity index (χ4n) is 5.85. The SMILES string of the molecule is COC(=O)[C@@H]1C[C@@H](S(=O)(=O)c2ccccc2C(F)(F)F)CN1c1cc(C)nn1C1CCN(C(=O)OCc2ccccc2)CC1. The summed E-state index contributed by atoms with van der Waals surface area (Å²) in [6.45, 7) is 2.46. The lowest BCUT2D eigenvalue weighted by molar-refractivity contribution is -0.142. The van der Waals surface area contributed by atoms with Gasteiger partial charge < -0.3 is 19.3 Å². The van der Waals surface area contributed by atoms with Crippen molar-refractivity contribution in [3.05, 3.63) is 77.5 Å². The fourth-order valence-corrected chi connectivity index (χ4v) is 7.76. The van der Waals surface area contributed by atoms with Gasteiger partial charge in [-0.15, -0.1) is 0 Å². The second kappa shape index (κ2) is 12.5. The summed E-state index contributed by atoms with van der Waals surface area (Å²) in [6, 6.07) is 13.9. The highest BCUT2D eigenvalue weighted by atomic mass is 32.2. The molecule has 0 saturated carbocycles. The molecule has 0 aliphatic carbocycles. The molecule has 2 saturated heterocycles. The Morgan fingerprint density at radius 2 is 1.68 bits per heavy atom. The molecular formula is C30H33F3N4O6S. The van der Waals surface area contributed by atoms with Crippen molar-refractivity contribution in [1.82, 2.24) is 14.7 Å². The minimum Gasteiger partial charge on any atom is -0.467 e. The van der Waals surface area contributed by atoms with Gasteiger partial charge in [-0.1, -0.05) is 42.5 Å². The zero-order chi connectivity index (χ0) is 31.6. The normalized spacial score (nSPS) is 19.7. The Kier molecular flexibility index (Phi) is 8.91. The molecule has 2 aliphatic rings. The summed E-state index contributed by atoms with van der Waals surface area (Å²) in [5, 5.41) is 3.32. The zero-order valence-electron chi connectivity index (χ0n) is 24.2. The van der Waals surface area contributed by atoms with Gasteiger partial charge in [0.15, 0.2) is 9.84 Å². The topological polar surface area (TPSA) is 111 Å². The number of aryl methyl sites for hydroxylation is 1. The maximum absolute atomic E-state index is 13.7. The van der Waals surface area contributed by atoms with Gasteiger partial charge >= 0.3 is 18.2 Å². The molecule has 0 N–H and O–H groups in total. The predicted octanol–water partition coefficient (Wildman–Crippen LogP) is 4.78. The molecule has 0 bridgehead atoms. The van der Waals surface area contributed by atoms with Gasteiger partial charge in [0.05, 0.1) is 34.6 Å². The first kappa shape index (κ1) is 31.4. The number of likely N-dealkylation sites (tertiary alicyclic amines) is 1. The lowest BCUT2D eigenvalue weighted by Gasteiger charge is -2.34. The van der Waals surface area contributed by atoms with Crippen LogP contribution in [0.15, 0.2) is 65.6 Å². The highest BCUT2D eigenvalue weighted by Crippen LogP contribution is 2.39. The van der Waals surface area contributed by atoms with Crippen molar-refractivity contribution in [2.45, 2.75) is 61.2 Å². The van der Waals surface area contributed by atoms with E-state index in [0.29, 0.717) is 37.4 Å². The van der Waals surface area contributed by atoms with Gasteiger partial charge in [-0.3, -0.25) is 0 Å². The van der Waals surface area contributed by atoms with E-state index in [1.165, 1.54) is 13.2 Å². The van der Waals surface area contributed by atoms with E-state index >= 15 is 0 Å². The second-order valence-electron chi connectivity index (χ2n) is 10.9. The van der Waals surface area contributed by atoms with Gasteiger partial charge in [0, 0.05) is 25.7 Å². The minimum atomic E-state index is -4.87. The molecule has 2 fully saturated rings. The molecule has 2 atom stereocenters. The van der Waals surface area contributed by atoms with E-state index in [-0.39, 0.29) is 25.6 Å². The summed E-state index contributed by atoms with van der Waals surface area (Å²) >= 11 is 0. The molecular weight excluding hydrogens is 601 g/mol. The molecule has 1 aromatic heterocycles. The summed E-state index contributed by atoms with van der Waals surface area (Å²) < 4.78 is 80.6. The third kappa shape index (κ3) is 6.40. The largest absolute Gasteiger partial charge is 0.467 e. The summed E-state index contributed by atoms with van der Waals surface area (Å²) in [5.74, 6) is -0.238. The van der Waals surface area contributed by atoms with Crippen LogP contribution in [0.3, 0.4) is 0 Å². The number of alkyl halides is 3. The minimum absolute atomic E-state index is 0.156. The molecule has 14 heteroatoms. The molecule has 2 aliphatic heterocycles. The smallest absolute Gasteiger partial charge is 0.417 e. The molecule has 236 valence electrons. The third-order valence-corrected chi connectivity index (χ3v) is 10.3. The highest BCUT2D eigenvalue weighted by molar-refractivity contribution is 7.92. The maximum Gasteiger partial charge on any atom is 0.417 e. The van der Waals surface area contributed by atoms with Crippen LogP contribution in [0.4, 0.5) is 23.8 Å². The predicted molar refractivity (Wildman–Crippen MR) is 154 cm³/mol. The Labute approximate surface area is 253 Å². The Hall–Kier alpha value is -4.07. The number of hydrogen-bond acceptors (Lipinski definition) is 8. The molecule has 2 aromatic carbocycles. The van der Waals surface area contributed by atoms with Crippen molar-refractivity contribution in [1.29, 1.82) is 0 Å². The van der Waals surface area contributed by atoms with E-state index in [0.717, 1.165) is 23.8 Å². The van der Waals surface area contributed by atoms with Crippen LogP contribution in [0, 0.1) is 6.92 Å². The van der Waals surface area contributed by atoms with Gasteiger partial charge in [-0.2, -0.15) is 18.3 Å². The Morgan fingerprint density at radius 3 is 2.34 bits per heavy atom. The number of esters is 1. The first-order valence-electron chi connectivity index (χ1n) is 14.2. The molecule has 0 spiro atoms. The number of carbonyl (C=O) groups is 2. The van der Waals surface area contributed by atoms with E-state index in [2.05, 4.69) is 5.10 Å². The number of methoxy groups -OCH3 is 1. The Balaban J connectivity index is 1.35. The van der Waals surface area contributed by atoms with E-state index in [1.807, 2.05) is 30.3 Å². The average molecular weight is 635 g/mol. The van der Waals surface area contributed by atoms with Gasteiger partial charge in [-0.05, 0) is 43.9 Å². The number of nitrogens with zero attached hydrogens (tertiary/aromatic N) is 4. The van der Waals surface area contributed by atoms with E-state index in [1.54, 1.807) is 27.5 Å². The number of sulfone groups is 1. The van der Waals surface area contributed by atoms with E-state index in [9.17, 15) is 31.2 Å². The number of hydrogen-bond donors (Lipinski definition) is 0. The van der Waals surface area contributed by atoms with Crippen LogP contribution < -0.4 is 4.90 Å². The summed E-state index contributed by atoms with van der Waals surface area (Å²) in [5.41, 5.74) is 0.241. The van der Waals surface area contributed by atoms with Crippen LogP contribution in [0.25, 0.3) is 0 Å². The quantitative estimate of drug-likeness (QED) is 0.342. The number of benzene rings is 2. The third-order valence-electron chi connectivity index (χ3n) is 8.08. The molecule has 3 aromatic rings. The maximum atomic E-state index is 13.7. The zero-order valence-corrected chi connectivity index (χ0v) is 25.1. The highest BCUT2D eigenvalue weighted by Gasteiger charge is 2.48. The van der Waals surface area contributed by atoms with Gasteiger partial charge in [0.25, 0.3) is 0 Å². The van der Waals surface area contributed by atoms with Gasteiger partial charge in [-0.25, -0.2) is 22.7 Å². The van der Waals surface area contributed by atoms with Crippen molar-refractivity contribution in [3.63, 3.8) is 0 Å². The summed E-state index contributed by atoms with van der Waals surface area (Å²) in [4.78, 5) is 27.9. The first-order chi connectivity index (χ1) is 20.9. The van der Waals surface area contributed by atoms with Crippen molar-refractivity contribution >= 4 is 27.7 Å². The van der Waals surface area contributed by atoms with Crippen LogP contribution in [0.1, 0.15) is 42.1 Å². The van der Waals surface area contributed by atoms with Gasteiger partial charge in [0.2, 0.25) is 0 Å². The standard InChI is InChI=1S/C30H33F3N4O6S/c1-20-16-27(37(34-20)22-12-14-35(15-13-22)29(39)43-19-21-8-4-3-5-9-21)36-18-23(17-25(36)28(38)42-2)44(40,41)26-11-7-6-10-24(26)30(31,32)33/h3-11,16,22-23,25H,12-15,17-19H2,1-2H3/t23-,25+/m1/s1. The van der Waals surface area contributed by atoms with Crippen LogP contribution in [0.2, 0.25) is 0 Å². The van der Waals surface area contributed by atoms with Crippen LogP contribution in [-0.2, 0) is 36.9 Å². The fraction of sp³-hybridized carbons (Fsp3) is 0.433. The molecule has 3 heterocycles.